The molecule has 3 aromatic rings. The number of ether oxygens (including phenoxy) is 1. The quantitative estimate of drug-likeness (QED) is 0.421. The minimum atomic E-state index is -0.155. The van der Waals surface area contributed by atoms with E-state index in [2.05, 4.69) is 20.8 Å². The maximum Gasteiger partial charge on any atom is 0.234 e. The summed E-state index contributed by atoms with van der Waals surface area (Å²) >= 11 is 2.67. The molecule has 28 heavy (non-hydrogen) atoms. The first-order valence-corrected chi connectivity index (χ1v) is 10.1. The lowest BCUT2D eigenvalue weighted by Gasteiger charge is -2.05. The number of thioether (sulfide) groups is 1. The zero-order valence-corrected chi connectivity index (χ0v) is 16.9. The van der Waals surface area contributed by atoms with Crippen molar-refractivity contribution in [2.45, 2.75) is 11.3 Å². The van der Waals surface area contributed by atoms with E-state index in [-0.39, 0.29) is 17.4 Å². The van der Waals surface area contributed by atoms with Gasteiger partial charge in [-0.25, -0.2) is 0 Å². The van der Waals surface area contributed by atoms with Crippen LogP contribution in [0.1, 0.15) is 17.3 Å². The summed E-state index contributed by atoms with van der Waals surface area (Å²) in [6.45, 7) is 1.50. The number of rotatable bonds is 8. The van der Waals surface area contributed by atoms with Gasteiger partial charge in [0.2, 0.25) is 11.0 Å². The first-order chi connectivity index (χ1) is 13.5. The lowest BCUT2D eigenvalue weighted by atomic mass is 10.1. The number of amides is 1. The highest BCUT2D eigenvalue weighted by Gasteiger charge is 2.09. The number of carbonyl (C=O) groups is 2. The SMILES string of the molecule is COc1cccc(Nc2nnc(SCC(=O)Nc3ccc(C(C)=O)cc3)s2)c1. The fourth-order valence-corrected chi connectivity index (χ4v) is 3.83. The van der Waals surface area contributed by atoms with Crippen LogP contribution < -0.4 is 15.4 Å². The molecule has 0 bridgehead atoms. The average molecular weight is 415 g/mol. The number of methoxy groups -OCH3 is 1. The Morgan fingerprint density at radius 3 is 2.61 bits per heavy atom. The second-order valence-corrected chi connectivity index (χ2v) is 7.90. The summed E-state index contributed by atoms with van der Waals surface area (Å²) in [4.78, 5) is 23.4. The molecular weight excluding hydrogens is 396 g/mol. The molecule has 3 rings (SSSR count). The fraction of sp³-hybridized carbons (Fsp3) is 0.158. The molecule has 0 atom stereocenters. The number of carbonyl (C=O) groups excluding carboxylic acids is 2. The molecule has 2 aromatic carbocycles. The van der Waals surface area contributed by atoms with Crippen LogP contribution in [0, 0.1) is 0 Å². The molecule has 0 aliphatic heterocycles. The minimum absolute atomic E-state index is 0.0111. The summed E-state index contributed by atoms with van der Waals surface area (Å²) < 4.78 is 5.88. The Hall–Kier alpha value is -2.91. The van der Waals surface area contributed by atoms with Crippen molar-refractivity contribution in [1.29, 1.82) is 0 Å². The van der Waals surface area contributed by atoms with Gasteiger partial charge in [0.15, 0.2) is 10.1 Å². The Balaban J connectivity index is 1.50. The molecule has 0 saturated heterocycles. The lowest BCUT2D eigenvalue weighted by Crippen LogP contribution is -2.14. The first kappa shape index (κ1) is 19.8. The highest BCUT2D eigenvalue weighted by molar-refractivity contribution is 8.01. The van der Waals surface area contributed by atoms with Crippen LogP contribution in [-0.4, -0.2) is 34.8 Å². The van der Waals surface area contributed by atoms with Crippen molar-refractivity contribution in [3.8, 4) is 5.75 Å². The van der Waals surface area contributed by atoms with Crippen LogP contribution in [0.2, 0.25) is 0 Å². The van der Waals surface area contributed by atoms with Crippen LogP contribution in [0.4, 0.5) is 16.5 Å². The van der Waals surface area contributed by atoms with Crippen LogP contribution in [0.25, 0.3) is 0 Å². The third-order valence-electron chi connectivity index (χ3n) is 3.63. The molecule has 2 N–H and O–H groups in total. The molecule has 0 spiro atoms. The molecule has 0 aliphatic rings. The van der Waals surface area contributed by atoms with Crippen LogP contribution in [-0.2, 0) is 4.79 Å². The molecular formula is C19H18N4O3S2. The number of aromatic nitrogens is 2. The monoisotopic (exact) mass is 414 g/mol. The molecule has 1 aromatic heterocycles. The van der Waals surface area contributed by atoms with E-state index in [1.165, 1.54) is 30.0 Å². The van der Waals surface area contributed by atoms with Crippen molar-refractivity contribution in [3.63, 3.8) is 0 Å². The van der Waals surface area contributed by atoms with Gasteiger partial charge in [-0.05, 0) is 43.3 Å². The molecule has 7 nitrogen and oxygen atoms in total. The van der Waals surface area contributed by atoms with E-state index in [9.17, 15) is 9.59 Å². The van der Waals surface area contributed by atoms with Crippen LogP contribution in [0.15, 0.2) is 52.9 Å². The highest BCUT2D eigenvalue weighted by atomic mass is 32.2. The summed E-state index contributed by atoms with van der Waals surface area (Å²) in [6.07, 6.45) is 0. The Labute approximate surface area is 170 Å². The van der Waals surface area contributed by atoms with Gasteiger partial charge in [0.05, 0.1) is 12.9 Å². The van der Waals surface area contributed by atoms with Gasteiger partial charge in [-0.1, -0.05) is 29.2 Å². The van der Waals surface area contributed by atoms with Gasteiger partial charge in [0.25, 0.3) is 0 Å². The Morgan fingerprint density at radius 2 is 1.89 bits per heavy atom. The third-order valence-corrected chi connectivity index (χ3v) is 5.60. The van der Waals surface area contributed by atoms with Crippen molar-refractivity contribution >= 4 is 51.3 Å². The zero-order chi connectivity index (χ0) is 19.9. The highest BCUT2D eigenvalue weighted by Crippen LogP contribution is 2.28. The van der Waals surface area contributed by atoms with Gasteiger partial charge in [0, 0.05) is 23.0 Å². The van der Waals surface area contributed by atoms with Crippen molar-refractivity contribution in [1.82, 2.24) is 10.2 Å². The van der Waals surface area contributed by atoms with Gasteiger partial charge >= 0.3 is 0 Å². The van der Waals surface area contributed by atoms with E-state index in [4.69, 9.17) is 4.74 Å². The van der Waals surface area contributed by atoms with Gasteiger partial charge in [0.1, 0.15) is 5.75 Å². The van der Waals surface area contributed by atoms with Gasteiger partial charge in [-0.15, -0.1) is 10.2 Å². The number of benzene rings is 2. The summed E-state index contributed by atoms with van der Waals surface area (Å²) in [5.41, 5.74) is 2.10. The van der Waals surface area contributed by atoms with E-state index in [0.29, 0.717) is 20.7 Å². The van der Waals surface area contributed by atoms with Gasteiger partial charge < -0.3 is 15.4 Å². The van der Waals surface area contributed by atoms with Crippen molar-refractivity contribution in [3.05, 3.63) is 54.1 Å². The molecule has 0 fully saturated rings. The van der Waals surface area contributed by atoms with Crippen molar-refractivity contribution in [2.24, 2.45) is 0 Å². The Morgan fingerprint density at radius 1 is 1.11 bits per heavy atom. The Kier molecular flexibility index (Phi) is 6.62. The average Bonchev–Trinajstić information content (AvgIpc) is 3.14. The molecule has 0 unspecified atom stereocenters. The topological polar surface area (TPSA) is 93.2 Å². The molecule has 1 amide bonds. The molecule has 0 aliphatic carbocycles. The number of hydrogen-bond acceptors (Lipinski definition) is 8. The maximum atomic E-state index is 12.1. The number of anilines is 3. The molecule has 0 radical (unpaired) electrons. The second kappa shape index (κ2) is 9.34. The van der Waals surface area contributed by atoms with E-state index in [1.807, 2.05) is 24.3 Å². The zero-order valence-electron chi connectivity index (χ0n) is 15.3. The van der Waals surface area contributed by atoms with Gasteiger partial charge in [-0.3, -0.25) is 9.59 Å². The number of nitrogens with zero attached hydrogens (tertiary/aromatic N) is 2. The minimum Gasteiger partial charge on any atom is -0.497 e. The van der Waals surface area contributed by atoms with Crippen molar-refractivity contribution in [2.75, 3.05) is 23.5 Å². The number of nitrogens with one attached hydrogen (secondary N) is 2. The lowest BCUT2D eigenvalue weighted by molar-refractivity contribution is -0.113. The normalized spacial score (nSPS) is 10.4. The third kappa shape index (κ3) is 5.54. The molecule has 0 saturated carbocycles. The summed E-state index contributed by atoms with van der Waals surface area (Å²) in [5, 5.41) is 14.8. The van der Waals surface area contributed by atoms with Crippen LogP contribution in [0.3, 0.4) is 0 Å². The first-order valence-electron chi connectivity index (χ1n) is 8.32. The van der Waals surface area contributed by atoms with Crippen molar-refractivity contribution < 1.29 is 14.3 Å². The molecule has 9 heteroatoms. The van der Waals surface area contributed by atoms with Crippen LogP contribution in [0.5, 0.6) is 5.75 Å². The smallest absolute Gasteiger partial charge is 0.234 e. The van der Waals surface area contributed by atoms with E-state index < -0.39 is 0 Å². The summed E-state index contributed by atoms with van der Waals surface area (Å²) in [6, 6.07) is 14.3. The molecule has 1 heterocycles. The van der Waals surface area contributed by atoms with E-state index in [0.717, 1.165) is 11.4 Å². The predicted octanol–water partition coefficient (Wildman–Crippen LogP) is 4.22. The predicted molar refractivity (Wildman–Crippen MR) is 112 cm³/mol. The molecule has 144 valence electrons. The summed E-state index contributed by atoms with van der Waals surface area (Å²) in [5.74, 6) is 0.792. The summed E-state index contributed by atoms with van der Waals surface area (Å²) in [7, 11) is 1.61. The van der Waals surface area contributed by atoms with Gasteiger partial charge in [-0.2, -0.15) is 0 Å². The van der Waals surface area contributed by atoms with E-state index in [1.54, 1.807) is 31.4 Å². The van der Waals surface area contributed by atoms with Crippen LogP contribution >= 0.6 is 23.1 Å². The number of Topliss-reactive ketones (excluding diaryl/α,β-unsaturated/α-hetero) is 1. The number of ketones is 1. The fourth-order valence-electron chi connectivity index (χ4n) is 2.26. The number of hydrogen-bond donors (Lipinski definition) is 2. The van der Waals surface area contributed by atoms with E-state index >= 15 is 0 Å². The maximum absolute atomic E-state index is 12.1. The Bertz CT molecular complexity index is 973. The second-order valence-electron chi connectivity index (χ2n) is 5.70. The standard InChI is InChI=1S/C19H18N4O3S2/c1-12(24)13-6-8-14(9-7-13)20-17(25)11-27-19-23-22-18(28-19)21-15-4-3-5-16(10-15)26-2/h3-10H,11H2,1-2H3,(H,20,25)(H,21,22). The largest absolute Gasteiger partial charge is 0.497 e.